The summed E-state index contributed by atoms with van der Waals surface area (Å²) in [5.41, 5.74) is 0.0333. The number of ether oxygens (including phenoxy) is 1. The van der Waals surface area contributed by atoms with E-state index in [2.05, 4.69) is 10.0 Å². The Morgan fingerprint density at radius 1 is 1.36 bits per heavy atom. The van der Waals surface area contributed by atoms with Crippen LogP contribution in [0.25, 0.3) is 0 Å². The van der Waals surface area contributed by atoms with E-state index in [1.807, 2.05) is 13.8 Å². The van der Waals surface area contributed by atoms with Gasteiger partial charge in [0.05, 0.1) is 17.1 Å². The van der Waals surface area contributed by atoms with Crippen LogP contribution < -0.4 is 10.0 Å². The van der Waals surface area contributed by atoms with Crippen LogP contribution in [0.4, 0.5) is 0 Å². The van der Waals surface area contributed by atoms with Gasteiger partial charge in [-0.25, -0.2) is 13.1 Å². The van der Waals surface area contributed by atoms with Crippen molar-refractivity contribution in [2.24, 2.45) is 11.3 Å². The molecule has 0 bridgehead atoms. The van der Waals surface area contributed by atoms with Gasteiger partial charge in [-0.2, -0.15) is 0 Å². The molecule has 1 aromatic carbocycles. The van der Waals surface area contributed by atoms with Crippen molar-refractivity contribution in [2.45, 2.75) is 56.6 Å². The molecule has 2 aliphatic rings. The van der Waals surface area contributed by atoms with Gasteiger partial charge >= 0.3 is 0 Å². The molecule has 2 fully saturated rings. The van der Waals surface area contributed by atoms with Gasteiger partial charge in [0.25, 0.3) is 5.91 Å². The molecule has 1 saturated heterocycles. The molecule has 8 heteroatoms. The van der Waals surface area contributed by atoms with E-state index in [0.29, 0.717) is 13.2 Å². The molecular weight excluding hydrogens is 380 g/mol. The fourth-order valence-corrected chi connectivity index (χ4v) is 4.81. The van der Waals surface area contributed by atoms with Crippen molar-refractivity contribution in [3.63, 3.8) is 0 Å². The van der Waals surface area contributed by atoms with E-state index in [0.717, 1.165) is 25.7 Å². The first kappa shape index (κ1) is 21.2. The number of aliphatic hydroxyl groups is 1. The van der Waals surface area contributed by atoms with E-state index in [4.69, 9.17) is 4.74 Å². The first-order valence-electron chi connectivity index (χ1n) is 9.91. The maximum atomic E-state index is 12.5. The number of carbonyl (C=O) groups excluding carboxylic acids is 1. The monoisotopic (exact) mass is 410 g/mol. The second-order valence-electron chi connectivity index (χ2n) is 8.25. The molecule has 0 aromatic heterocycles. The zero-order chi connectivity index (χ0) is 20.4. The van der Waals surface area contributed by atoms with E-state index < -0.39 is 16.1 Å². The quantitative estimate of drug-likeness (QED) is 0.574. The largest absolute Gasteiger partial charge is 0.392 e. The van der Waals surface area contributed by atoms with Crippen molar-refractivity contribution in [3.05, 3.63) is 29.8 Å². The smallest absolute Gasteiger partial charge is 0.251 e. The molecule has 2 atom stereocenters. The number of amides is 1. The van der Waals surface area contributed by atoms with Crippen LogP contribution in [0.2, 0.25) is 0 Å². The number of sulfonamides is 1. The number of nitrogens with one attached hydrogen (secondary N) is 2. The van der Waals surface area contributed by atoms with Gasteiger partial charge in [-0.15, -0.1) is 0 Å². The van der Waals surface area contributed by atoms with Crippen LogP contribution in [-0.2, 0) is 14.8 Å². The number of benzene rings is 1. The fourth-order valence-electron chi connectivity index (χ4n) is 3.70. The summed E-state index contributed by atoms with van der Waals surface area (Å²) in [7, 11) is -3.71. The molecule has 3 rings (SSSR count). The van der Waals surface area contributed by atoms with Crippen molar-refractivity contribution in [1.82, 2.24) is 10.0 Å². The van der Waals surface area contributed by atoms with Crippen LogP contribution in [-0.4, -0.2) is 51.3 Å². The third kappa shape index (κ3) is 4.92. The molecule has 7 nitrogen and oxygen atoms in total. The molecule has 3 N–H and O–H groups in total. The summed E-state index contributed by atoms with van der Waals surface area (Å²) in [6, 6.07) is 6.00. The molecule has 1 heterocycles. The summed E-state index contributed by atoms with van der Waals surface area (Å²) in [6.45, 7) is 5.21. The van der Waals surface area contributed by atoms with Gasteiger partial charge in [0.2, 0.25) is 10.0 Å². The average Bonchev–Trinajstić information content (AvgIpc) is 3.28. The number of rotatable bonds is 9. The van der Waals surface area contributed by atoms with Crippen LogP contribution in [0.15, 0.2) is 29.2 Å². The predicted octanol–water partition coefficient (Wildman–Crippen LogP) is 1.67. The number of carbonyl (C=O) groups is 1. The lowest BCUT2D eigenvalue weighted by molar-refractivity contribution is 0.0490. The summed E-state index contributed by atoms with van der Waals surface area (Å²) >= 11 is 0. The summed E-state index contributed by atoms with van der Waals surface area (Å²) in [4.78, 5) is 12.6. The summed E-state index contributed by atoms with van der Waals surface area (Å²) in [6.07, 6.45) is 3.00. The van der Waals surface area contributed by atoms with Crippen molar-refractivity contribution in [2.75, 3.05) is 19.7 Å². The van der Waals surface area contributed by atoms with Crippen LogP contribution >= 0.6 is 0 Å². The number of hydrogen-bond donors (Lipinski definition) is 3. The van der Waals surface area contributed by atoms with Crippen molar-refractivity contribution >= 4 is 15.9 Å². The second-order valence-corrected chi connectivity index (χ2v) is 10.0. The van der Waals surface area contributed by atoms with Crippen molar-refractivity contribution in [3.8, 4) is 0 Å². The van der Waals surface area contributed by atoms with Gasteiger partial charge in [0.15, 0.2) is 0 Å². The minimum Gasteiger partial charge on any atom is -0.392 e. The highest BCUT2D eigenvalue weighted by Gasteiger charge is 2.49. The Morgan fingerprint density at radius 2 is 2.11 bits per heavy atom. The number of hydrogen-bond acceptors (Lipinski definition) is 5. The van der Waals surface area contributed by atoms with Gasteiger partial charge in [-0.05, 0) is 49.8 Å². The molecular formula is C20H30N2O5S. The molecule has 1 aromatic rings. The van der Waals surface area contributed by atoms with Crippen molar-refractivity contribution < 1.29 is 23.1 Å². The van der Waals surface area contributed by atoms with Crippen LogP contribution in [0.1, 0.15) is 49.9 Å². The van der Waals surface area contributed by atoms with E-state index in [1.54, 1.807) is 12.1 Å². The first-order chi connectivity index (χ1) is 13.2. The van der Waals surface area contributed by atoms with Gasteiger partial charge in [-0.1, -0.05) is 19.9 Å². The Morgan fingerprint density at radius 3 is 2.71 bits per heavy atom. The highest BCUT2D eigenvalue weighted by atomic mass is 32.2. The lowest BCUT2D eigenvalue weighted by Gasteiger charge is -2.25. The zero-order valence-corrected chi connectivity index (χ0v) is 17.3. The molecule has 1 aliphatic carbocycles. The molecule has 28 heavy (non-hydrogen) atoms. The van der Waals surface area contributed by atoms with E-state index in [9.17, 15) is 18.3 Å². The number of aliphatic hydroxyl groups excluding tert-OH is 1. The maximum absolute atomic E-state index is 12.5. The SMILES string of the molecule is CC(C)[C@H](O)C1(CNC(=O)c2cccc(S(=O)(=O)NC[C@H]3CCCO3)c2)CC1. The van der Waals surface area contributed by atoms with Crippen LogP contribution in [0.5, 0.6) is 0 Å². The third-order valence-electron chi connectivity index (χ3n) is 5.68. The maximum Gasteiger partial charge on any atom is 0.251 e. The molecule has 0 spiro atoms. The lowest BCUT2D eigenvalue weighted by Crippen LogP contribution is -2.38. The van der Waals surface area contributed by atoms with E-state index in [1.165, 1.54) is 12.1 Å². The lowest BCUT2D eigenvalue weighted by atomic mass is 9.90. The minimum absolute atomic E-state index is 0.0569. The zero-order valence-electron chi connectivity index (χ0n) is 16.5. The third-order valence-corrected chi connectivity index (χ3v) is 7.10. The normalized spacial score (nSPS) is 22.2. The fraction of sp³-hybridized carbons (Fsp3) is 0.650. The molecule has 1 amide bonds. The summed E-state index contributed by atoms with van der Waals surface area (Å²) in [5.74, 6) is -0.207. The van der Waals surface area contributed by atoms with Gasteiger partial charge in [0, 0.05) is 30.7 Å². The molecule has 0 unspecified atom stereocenters. The topological polar surface area (TPSA) is 105 Å². The van der Waals surface area contributed by atoms with Crippen LogP contribution in [0.3, 0.4) is 0 Å². The highest BCUT2D eigenvalue weighted by Crippen LogP contribution is 2.50. The molecule has 0 radical (unpaired) electrons. The Bertz CT molecular complexity index is 799. The highest BCUT2D eigenvalue weighted by molar-refractivity contribution is 7.89. The minimum atomic E-state index is -3.71. The Labute approximate surface area is 166 Å². The second kappa shape index (κ2) is 8.49. The standard InChI is InChI=1S/C20H30N2O5S/c1-14(2)18(23)20(8-9-20)13-21-19(24)15-5-3-7-17(11-15)28(25,26)22-12-16-6-4-10-27-16/h3,5,7,11,14,16,18,22-23H,4,6,8-10,12-13H2,1-2H3,(H,21,24)/t16-,18+/m1/s1. The van der Waals surface area contributed by atoms with Gasteiger partial charge < -0.3 is 15.2 Å². The Kier molecular flexibility index (Phi) is 6.44. The Balaban J connectivity index is 1.61. The first-order valence-corrected chi connectivity index (χ1v) is 11.4. The van der Waals surface area contributed by atoms with Crippen LogP contribution in [0, 0.1) is 11.3 Å². The predicted molar refractivity (Wildman–Crippen MR) is 105 cm³/mol. The molecule has 1 aliphatic heterocycles. The van der Waals surface area contributed by atoms with Crippen molar-refractivity contribution in [1.29, 1.82) is 0 Å². The van der Waals surface area contributed by atoms with Gasteiger partial charge in [-0.3, -0.25) is 4.79 Å². The Hall–Kier alpha value is -1.48. The molecule has 1 saturated carbocycles. The van der Waals surface area contributed by atoms with Gasteiger partial charge in [0.1, 0.15) is 0 Å². The van der Waals surface area contributed by atoms with E-state index in [-0.39, 0.29) is 40.3 Å². The summed E-state index contributed by atoms with van der Waals surface area (Å²) < 4.78 is 33.0. The molecule has 156 valence electrons. The average molecular weight is 411 g/mol. The summed E-state index contributed by atoms with van der Waals surface area (Å²) in [5, 5.41) is 13.2. The van der Waals surface area contributed by atoms with E-state index >= 15 is 0 Å².